The van der Waals surface area contributed by atoms with Crippen molar-refractivity contribution in [2.45, 2.75) is 32.0 Å². The largest absolute Gasteiger partial charge is 0.497 e. The molecule has 154 valence electrons. The molecule has 0 heterocycles. The monoisotopic (exact) mass is 395 g/mol. The average molecular weight is 396 g/mol. The number of benzene rings is 2. The predicted molar refractivity (Wildman–Crippen MR) is 113 cm³/mol. The fraction of sp³-hybridized carbons (Fsp3) is 0.391. The van der Waals surface area contributed by atoms with E-state index in [9.17, 15) is 9.59 Å². The van der Waals surface area contributed by atoms with Crippen molar-refractivity contribution in [3.8, 4) is 5.75 Å². The Labute approximate surface area is 172 Å². The van der Waals surface area contributed by atoms with E-state index in [2.05, 4.69) is 5.32 Å². The lowest BCUT2D eigenvalue weighted by Crippen LogP contribution is -2.39. The normalized spacial score (nSPS) is 13.2. The Balaban J connectivity index is 1.56. The molecule has 6 nitrogen and oxygen atoms in total. The molecule has 3 rings (SSSR count). The van der Waals surface area contributed by atoms with Crippen molar-refractivity contribution in [2.75, 3.05) is 27.7 Å². The van der Waals surface area contributed by atoms with Crippen LogP contribution >= 0.6 is 0 Å². The third-order valence-electron chi connectivity index (χ3n) is 5.12. The molecule has 1 aliphatic rings. The molecule has 2 aromatic rings. The second-order valence-electron chi connectivity index (χ2n) is 7.55. The number of carbonyl (C=O) groups is 2. The topological polar surface area (TPSA) is 61.9 Å². The van der Waals surface area contributed by atoms with Gasteiger partial charge < -0.3 is 15.0 Å². The lowest BCUT2D eigenvalue weighted by Gasteiger charge is -2.26. The Morgan fingerprint density at radius 3 is 2.14 bits per heavy atom. The molecule has 0 aliphatic heterocycles. The van der Waals surface area contributed by atoms with Crippen LogP contribution in [0.25, 0.3) is 0 Å². The van der Waals surface area contributed by atoms with Gasteiger partial charge in [0.2, 0.25) is 5.91 Å². The highest BCUT2D eigenvalue weighted by atomic mass is 16.5. The number of amides is 2. The van der Waals surface area contributed by atoms with Gasteiger partial charge in [-0.25, -0.2) is 0 Å². The molecule has 1 N–H and O–H groups in total. The van der Waals surface area contributed by atoms with E-state index in [1.807, 2.05) is 65.4 Å². The fourth-order valence-electron chi connectivity index (χ4n) is 3.33. The highest BCUT2D eigenvalue weighted by Gasteiger charge is 2.32. The molecule has 1 fully saturated rings. The van der Waals surface area contributed by atoms with Gasteiger partial charge in [0, 0.05) is 31.7 Å². The maximum atomic E-state index is 12.9. The van der Waals surface area contributed by atoms with Crippen molar-refractivity contribution in [1.82, 2.24) is 15.1 Å². The van der Waals surface area contributed by atoms with Crippen molar-refractivity contribution < 1.29 is 14.3 Å². The first kappa shape index (κ1) is 20.9. The van der Waals surface area contributed by atoms with Gasteiger partial charge in [-0.2, -0.15) is 0 Å². The zero-order valence-corrected chi connectivity index (χ0v) is 17.4. The summed E-state index contributed by atoms with van der Waals surface area (Å²) in [7, 11) is 5.22. The first-order chi connectivity index (χ1) is 14.0. The number of methoxy groups -OCH3 is 1. The van der Waals surface area contributed by atoms with E-state index in [0.29, 0.717) is 31.2 Å². The summed E-state index contributed by atoms with van der Waals surface area (Å²) in [5.41, 5.74) is 2.81. The quantitative estimate of drug-likeness (QED) is 0.709. The van der Waals surface area contributed by atoms with Gasteiger partial charge in [-0.3, -0.25) is 14.5 Å². The SMILES string of the molecule is CNC(=O)c1ccc(CN(C)CC(=O)N(Cc2ccc(OC)cc2)C2CC2)cc1. The van der Waals surface area contributed by atoms with Gasteiger partial charge in [0.1, 0.15) is 5.75 Å². The van der Waals surface area contributed by atoms with E-state index in [4.69, 9.17) is 4.74 Å². The summed E-state index contributed by atoms with van der Waals surface area (Å²) in [5, 5.41) is 2.62. The fourth-order valence-corrected chi connectivity index (χ4v) is 3.33. The summed E-state index contributed by atoms with van der Waals surface area (Å²) in [5.74, 6) is 0.867. The van der Waals surface area contributed by atoms with Crippen LogP contribution < -0.4 is 10.1 Å². The van der Waals surface area contributed by atoms with Crippen LogP contribution in [0.2, 0.25) is 0 Å². The number of nitrogens with one attached hydrogen (secondary N) is 1. The van der Waals surface area contributed by atoms with Crippen molar-refractivity contribution in [3.05, 3.63) is 65.2 Å². The van der Waals surface area contributed by atoms with Gasteiger partial charge in [-0.15, -0.1) is 0 Å². The standard InChI is InChI=1S/C23H29N3O3/c1-24-23(28)19-8-4-17(5-9-19)14-25(2)16-22(27)26(20-10-11-20)15-18-6-12-21(29-3)13-7-18/h4-9,12-13,20H,10-11,14-16H2,1-3H3,(H,24,28). The van der Waals surface area contributed by atoms with Crippen LogP contribution in [0.3, 0.4) is 0 Å². The second-order valence-corrected chi connectivity index (χ2v) is 7.55. The molecular weight excluding hydrogens is 366 g/mol. The molecule has 1 aliphatic carbocycles. The first-order valence-electron chi connectivity index (χ1n) is 9.92. The zero-order chi connectivity index (χ0) is 20.8. The molecule has 0 aromatic heterocycles. The zero-order valence-electron chi connectivity index (χ0n) is 17.4. The van der Waals surface area contributed by atoms with Crippen molar-refractivity contribution in [1.29, 1.82) is 0 Å². The minimum atomic E-state index is -0.0984. The van der Waals surface area contributed by atoms with E-state index in [1.54, 1.807) is 14.2 Å². The number of ether oxygens (including phenoxy) is 1. The number of likely N-dealkylation sites (N-methyl/N-ethyl adjacent to an activating group) is 1. The molecule has 0 radical (unpaired) electrons. The van der Waals surface area contributed by atoms with Crippen LogP contribution in [-0.4, -0.2) is 55.4 Å². The molecule has 6 heteroatoms. The molecule has 0 saturated heterocycles. The minimum absolute atomic E-state index is 0.0984. The summed E-state index contributed by atoms with van der Waals surface area (Å²) < 4.78 is 5.21. The molecule has 29 heavy (non-hydrogen) atoms. The van der Waals surface area contributed by atoms with E-state index in [-0.39, 0.29) is 11.8 Å². The Kier molecular flexibility index (Phi) is 6.88. The Bertz CT molecular complexity index is 829. The maximum Gasteiger partial charge on any atom is 0.251 e. The van der Waals surface area contributed by atoms with Gasteiger partial charge in [0.15, 0.2) is 0 Å². The number of hydrogen-bond acceptors (Lipinski definition) is 4. The highest BCUT2D eigenvalue weighted by Crippen LogP contribution is 2.29. The lowest BCUT2D eigenvalue weighted by molar-refractivity contribution is -0.133. The summed E-state index contributed by atoms with van der Waals surface area (Å²) in [6.07, 6.45) is 2.15. The summed E-state index contributed by atoms with van der Waals surface area (Å²) in [6, 6.07) is 15.7. The maximum absolute atomic E-state index is 12.9. The smallest absolute Gasteiger partial charge is 0.251 e. The highest BCUT2D eigenvalue weighted by molar-refractivity contribution is 5.93. The third kappa shape index (κ3) is 5.81. The second kappa shape index (κ2) is 9.56. The molecule has 0 unspecified atom stereocenters. The van der Waals surface area contributed by atoms with Gasteiger partial charge in [-0.1, -0.05) is 24.3 Å². The van der Waals surface area contributed by atoms with E-state index in [0.717, 1.165) is 29.7 Å². The number of rotatable bonds is 9. The van der Waals surface area contributed by atoms with Gasteiger partial charge in [-0.05, 0) is 55.3 Å². The Hall–Kier alpha value is -2.86. The number of carbonyl (C=O) groups excluding carboxylic acids is 2. The first-order valence-corrected chi connectivity index (χ1v) is 9.92. The minimum Gasteiger partial charge on any atom is -0.497 e. The molecule has 2 amide bonds. The van der Waals surface area contributed by atoms with E-state index < -0.39 is 0 Å². The number of hydrogen-bond donors (Lipinski definition) is 1. The summed E-state index contributed by atoms with van der Waals surface area (Å²) in [4.78, 5) is 28.6. The predicted octanol–water partition coefficient (Wildman–Crippen LogP) is 2.68. The van der Waals surface area contributed by atoms with Crippen LogP contribution in [0.1, 0.15) is 34.3 Å². The number of nitrogens with zero attached hydrogens (tertiary/aromatic N) is 2. The van der Waals surface area contributed by atoms with Gasteiger partial charge in [0.05, 0.1) is 13.7 Å². The van der Waals surface area contributed by atoms with Crippen LogP contribution in [0.4, 0.5) is 0 Å². The summed E-state index contributed by atoms with van der Waals surface area (Å²) >= 11 is 0. The van der Waals surface area contributed by atoms with Crippen LogP contribution in [0.5, 0.6) is 5.75 Å². The van der Waals surface area contributed by atoms with Gasteiger partial charge in [0.25, 0.3) is 5.91 Å². The Morgan fingerprint density at radius 2 is 1.59 bits per heavy atom. The third-order valence-corrected chi connectivity index (χ3v) is 5.12. The van der Waals surface area contributed by atoms with Crippen molar-refractivity contribution in [3.63, 3.8) is 0 Å². The molecule has 0 bridgehead atoms. The average Bonchev–Trinajstić information content (AvgIpc) is 3.57. The van der Waals surface area contributed by atoms with E-state index in [1.165, 1.54) is 0 Å². The van der Waals surface area contributed by atoms with Crippen molar-refractivity contribution in [2.24, 2.45) is 0 Å². The Morgan fingerprint density at radius 1 is 1.00 bits per heavy atom. The molecule has 2 aromatic carbocycles. The summed E-state index contributed by atoms with van der Waals surface area (Å²) in [6.45, 7) is 1.65. The molecular formula is C23H29N3O3. The lowest BCUT2D eigenvalue weighted by atomic mass is 10.1. The van der Waals surface area contributed by atoms with Crippen LogP contribution in [-0.2, 0) is 17.9 Å². The van der Waals surface area contributed by atoms with E-state index >= 15 is 0 Å². The van der Waals surface area contributed by atoms with Crippen molar-refractivity contribution >= 4 is 11.8 Å². The van der Waals surface area contributed by atoms with Crippen LogP contribution in [0, 0.1) is 0 Å². The van der Waals surface area contributed by atoms with Gasteiger partial charge >= 0.3 is 0 Å². The van der Waals surface area contributed by atoms with Crippen LogP contribution in [0.15, 0.2) is 48.5 Å². The molecule has 0 spiro atoms. The molecule has 0 atom stereocenters. The molecule has 1 saturated carbocycles.